The van der Waals surface area contributed by atoms with Gasteiger partial charge >= 0.3 is 12.0 Å². The largest absolute Gasteiger partial charge is 0.481 e. The minimum Gasteiger partial charge on any atom is -0.481 e. The van der Waals surface area contributed by atoms with Gasteiger partial charge in [-0.05, 0) is 60.4 Å². The Kier molecular flexibility index (Phi) is 12.9. The monoisotopic (exact) mass is 546 g/mol. The third-order valence-corrected chi connectivity index (χ3v) is 5.82. The van der Waals surface area contributed by atoms with Gasteiger partial charge in [-0.2, -0.15) is 0 Å². The van der Waals surface area contributed by atoms with E-state index < -0.39 is 5.97 Å². The van der Waals surface area contributed by atoms with Gasteiger partial charge in [0.15, 0.2) is 0 Å². The number of nitrogens with zero attached hydrogens (tertiary/aromatic N) is 1. The van der Waals surface area contributed by atoms with Crippen molar-refractivity contribution in [3.05, 3.63) is 89.5 Å². The minimum absolute atomic E-state index is 0.00248. The topological polar surface area (TPSA) is 128 Å². The first kappa shape index (κ1) is 31.6. The number of carboxylic acids is 1. The Hall–Kier alpha value is -4.66. The molecule has 0 saturated carbocycles. The van der Waals surface area contributed by atoms with E-state index in [0.29, 0.717) is 30.9 Å². The zero-order chi connectivity index (χ0) is 29.5. The zero-order valence-corrected chi connectivity index (χ0v) is 23.5. The maximum absolute atomic E-state index is 12.6. The van der Waals surface area contributed by atoms with Crippen LogP contribution in [0.2, 0.25) is 0 Å². The van der Waals surface area contributed by atoms with Crippen LogP contribution in [0.3, 0.4) is 0 Å². The molecule has 4 amide bonds. The molecule has 9 nitrogen and oxygen atoms in total. The lowest BCUT2D eigenvalue weighted by molar-refractivity contribution is -0.138. The summed E-state index contributed by atoms with van der Waals surface area (Å²) in [5, 5.41) is 17.3. The van der Waals surface area contributed by atoms with Crippen LogP contribution in [0.15, 0.2) is 72.8 Å². The van der Waals surface area contributed by atoms with E-state index in [2.05, 4.69) is 16.0 Å². The normalized spacial score (nSPS) is 10.0. The van der Waals surface area contributed by atoms with Crippen molar-refractivity contribution in [2.24, 2.45) is 0 Å². The first-order valence-electron chi connectivity index (χ1n) is 13.3. The van der Waals surface area contributed by atoms with E-state index in [-0.39, 0.29) is 30.7 Å². The van der Waals surface area contributed by atoms with Crippen molar-refractivity contribution in [3.8, 4) is 0 Å². The highest BCUT2D eigenvalue weighted by molar-refractivity contribution is 6.00. The van der Waals surface area contributed by atoms with Crippen LogP contribution < -0.4 is 16.0 Å². The van der Waals surface area contributed by atoms with Gasteiger partial charge < -0.3 is 26.0 Å². The average Bonchev–Trinajstić information content (AvgIpc) is 2.91. The van der Waals surface area contributed by atoms with Crippen molar-refractivity contribution in [1.29, 1.82) is 0 Å². The lowest BCUT2D eigenvalue weighted by Gasteiger charge is -2.21. The number of hydrogen-bond acceptors (Lipinski definition) is 4. The number of benzene rings is 3. The summed E-state index contributed by atoms with van der Waals surface area (Å²) in [5.74, 6) is -1.24. The van der Waals surface area contributed by atoms with E-state index in [1.807, 2.05) is 51.1 Å². The van der Waals surface area contributed by atoms with Crippen molar-refractivity contribution in [2.75, 3.05) is 22.5 Å². The highest BCUT2D eigenvalue weighted by atomic mass is 16.4. The molecular weight excluding hydrogens is 508 g/mol. The predicted octanol–water partition coefficient (Wildman–Crippen LogP) is 6.06. The summed E-state index contributed by atoms with van der Waals surface area (Å²) < 4.78 is 0. The molecule has 0 heterocycles. The molecule has 0 unspecified atom stereocenters. The van der Waals surface area contributed by atoms with Gasteiger partial charge in [0.25, 0.3) is 0 Å². The minimum atomic E-state index is -0.896. The standard InChI is InChI=1S/C29H32N4O5.C2H6/c1-20-7-3-4-10-26(20)32-29(38)31-24-14-12-22(13-15-24)18-27(35)30-25-9-5-8-23(17-25)19-33(21(2)34)16-6-11-28(36)37;1-2/h3-5,7-10,12-15,17H,6,11,16,18-19H2,1-2H3,(H,30,35)(H,36,37)(H2,31,32,38);1-2H3. The predicted molar refractivity (Wildman–Crippen MR) is 158 cm³/mol. The number of para-hydroxylation sites is 1. The van der Waals surface area contributed by atoms with Crippen LogP contribution in [0, 0.1) is 6.92 Å². The second-order valence-electron chi connectivity index (χ2n) is 8.95. The Morgan fingerprint density at radius 2 is 1.50 bits per heavy atom. The Morgan fingerprint density at radius 3 is 2.15 bits per heavy atom. The van der Waals surface area contributed by atoms with E-state index in [1.54, 1.807) is 47.4 Å². The summed E-state index contributed by atoms with van der Waals surface area (Å²) in [6, 6.07) is 21.4. The van der Waals surface area contributed by atoms with Gasteiger partial charge in [0.05, 0.1) is 6.42 Å². The van der Waals surface area contributed by atoms with E-state index in [4.69, 9.17) is 5.11 Å². The first-order valence-corrected chi connectivity index (χ1v) is 13.3. The van der Waals surface area contributed by atoms with Gasteiger partial charge in [-0.25, -0.2) is 4.79 Å². The van der Waals surface area contributed by atoms with Crippen LogP contribution in [0.5, 0.6) is 0 Å². The maximum Gasteiger partial charge on any atom is 0.323 e. The first-order chi connectivity index (χ1) is 19.2. The van der Waals surface area contributed by atoms with Crippen molar-refractivity contribution in [2.45, 2.75) is 53.5 Å². The van der Waals surface area contributed by atoms with Gasteiger partial charge in [-0.1, -0.05) is 56.3 Å². The Balaban J connectivity index is 0.00000274. The number of nitrogens with one attached hydrogen (secondary N) is 3. The summed E-state index contributed by atoms with van der Waals surface area (Å²) in [6.45, 7) is 8.03. The Labute approximate surface area is 235 Å². The third kappa shape index (κ3) is 11.0. The summed E-state index contributed by atoms with van der Waals surface area (Å²) in [7, 11) is 0. The molecule has 0 fully saturated rings. The highest BCUT2D eigenvalue weighted by Crippen LogP contribution is 2.17. The molecule has 4 N–H and O–H groups in total. The van der Waals surface area contributed by atoms with Crippen molar-refractivity contribution in [3.63, 3.8) is 0 Å². The molecule has 40 heavy (non-hydrogen) atoms. The van der Waals surface area contributed by atoms with Crippen LogP contribution in [0.25, 0.3) is 0 Å². The quantitative estimate of drug-likeness (QED) is 0.232. The van der Waals surface area contributed by atoms with Gasteiger partial charge in [0.2, 0.25) is 11.8 Å². The second-order valence-corrected chi connectivity index (χ2v) is 8.95. The van der Waals surface area contributed by atoms with E-state index in [9.17, 15) is 19.2 Å². The summed E-state index contributed by atoms with van der Waals surface area (Å²) in [4.78, 5) is 49.2. The molecule has 212 valence electrons. The maximum atomic E-state index is 12.6. The van der Waals surface area contributed by atoms with Crippen molar-refractivity contribution < 1.29 is 24.3 Å². The number of rotatable bonds is 11. The molecule has 3 aromatic rings. The number of urea groups is 1. The lowest BCUT2D eigenvalue weighted by Crippen LogP contribution is -2.29. The molecule has 0 aliphatic rings. The van der Waals surface area contributed by atoms with Crippen molar-refractivity contribution >= 4 is 40.9 Å². The molecule has 0 bridgehead atoms. The van der Waals surface area contributed by atoms with E-state index in [1.165, 1.54) is 6.92 Å². The fourth-order valence-electron chi connectivity index (χ4n) is 3.83. The SMILES string of the molecule is CC.CC(=O)N(CCCC(=O)O)Cc1cccc(NC(=O)Cc2ccc(NC(=O)Nc3ccccc3C)cc2)c1. The highest BCUT2D eigenvalue weighted by Gasteiger charge is 2.12. The number of amides is 4. The van der Waals surface area contributed by atoms with E-state index >= 15 is 0 Å². The number of carboxylic acid groups (broad SMARTS) is 1. The third-order valence-electron chi connectivity index (χ3n) is 5.82. The van der Waals surface area contributed by atoms with Crippen molar-refractivity contribution in [1.82, 2.24) is 4.90 Å². The zero-order valence-electron chi connectivity index (χ0n) is 23.5. The van der Waals surface area contributed by atoms with Crippen LogP contribution in [-0.2, 0) is 27.3 Å². The Morgan fingerprint density at radius 1 is 0.800 bits per heavy atom. The Bertz CT molecular complexity index is 1290. The van der Waals surface area contributed by atoms with Crippen LogP contribution in [0.1, 0.15) is 50.3 Å². The molecule has 0 radical (unpaired) electrons. The molecule has 3 aromatic carbocycles. The summed E-state index contributed by atoms with van der Waals surface area (Å²) in [6.07, 6.45) is 0.517. The fourth-order valence-corrected chi connectivity index (χ4v) is 3.83. The molecule has 9 heteroatoms. The van der Waals surface area contributed by atoms with Gasteiger partial charge in [0, 0.05) is 43.5 Å². The van der Waals surface area contributed by atoms with E-state index in [0.717, 1.165) is 22.4 Å². The molecular formula is C31H38N4O5. The molecule has 0 aliphatic heterocycles. The average molecular weight is 547 g/mol. The summed E-state index contributed by atoms with van der Waals surface area (Å²) >= 11 is 0. The molecule has 0 atom stereocenters. The number of aryl methyl sites for hydroxylation is 1. The number of carbonyl (C=O) groups is 4. The molecule has 0 saturated heterocycles. The van der Waals surface area contributed by atoms with Crippen LogP contribution in [0.4, 0.5) is 21.9 Å². The second kappa shape index (κ2) is 16.3. The number of hydrogen-bond donors (Lipinski definition) is 4. The van der Waals surface area contributed by atoms with Crippen LogP contribution in [-0.4, -0.2) is 40.4 Å². The number of aliphatic carboxylic acids is 1. The smallest absolute Gasteiger partial charge is 0.323 e. The van der Waals surface area contributed by atoms with Gasteiger partial charge in [0.1, 0.15) is 0 Å². The molecule has 0 spiro atoms. The fraction of sp³-hybridized carbons (Fsp3) is 0.290. The number of carbonyl (C=O) groups excluding carboxylic acids is 3. The molecule has 0 aliphatic carbocycles. The van der Waals surface area contributed by atoms with Gasteiger partial charge in [-0.15, -0.1) is 0 Å². The molecule has 0 aromatic heterocycles. The lowest BCUT2D eigenvalue weighted by atomic mass is 10.1. The molecule has 3 rings (SSSR count). The number of anilines is 3. The van der Waals surface area contributed by atoms with Gasteiger partial charge in [-0.3, -0.25) is 14.4 Å². The van der Waals surface area contributed by atoms with Crippen LogP contribution >= 0.6 is 0 Å². The summed E-state index contributed by atoms with van der Waals surface area (Å²) in [5.41, 5.74) is 4.51.